The zero-order valence-corrected chi connectivity index (χ0v) is 13.1. The molecule has 0 amide bonds. The van der Waals surface area contributed by atoms with Crippen LogP contribution in [0.2, 0.25) is 0 Å². The van der Waals surface area contributed by atoms with Crippen LogP contribution in [0.4, 0.5) is 4.39 Å². The van der Waals surface area contributed by atoms with Crippen molar-refractivity contribution < 1.29 is 8.91 Å². The fraction of sp³-hybridized carbons (Fsp3) is 0.471. The maximum Gasteiger partial charge on any atom is 0.133 e. The molecule has 22 heavy (non-hydrogen) atoms. The Kier molecular flexibility index (Phi) is 4.55. The fourth-order valence-electron chi connectivity index (χ4n) is 2.98. The number of aromatic nitrogens is 1. The van der Waals surface area contributed by atoms with E-state index in [1.807, 2.05) is 25.1 Å². The van der Waals surface area contributed by atoms with Gasteiger partial charge >= 0.3 is 0 Å². The van der Waals surface area contributed by atoms with E-state index >= 15 is 0 Å². The molecule has 5 heteroatoms. The molecule has 0 bridgehead atoms. The molecule has 0 aliphatic carbocycles. The van der Waals surface area contributed by atoms with Gasteiger partial charge in [-0.15, -0.1) is 0 Å². The fourth-order valence-corrected chi connectivity index (χ4v) is 2.98. The third kappa shape index (κ3) is 3.54. The SMILES string of the molecule is Cc1cc(CN2CCN([C@H](C)c3ccc(F)cc3)CC2)no1. The number of aryl methyl sites for hydroxylation is 1. The van der Waals surface area contributed by atoms with Crippen LogP contribution in [-0.4, -0.2) is 41.1 Å². The summed E-state index contributed by atoms with van der Waals surface area (Å²) in [5.74, 6) is 0.683. The highest BCUT2D eigenvalue weighted by Crippen LogP contribution is 2.22. The predicted molar refractivity (Wildman–Crippen MR) is 82.9 cm³/mol. The summed E-state index contributed by atoms with van der Waals surface area (Å²) in [6.45, 7) is 8.98. The summed E-state index contributed by atoms with van der Waals surface area (Å²) in [5.41, 5.74) is 2.17. The van der Waals surface area contributed by atoms with Crippen LogP contribution in [0.15, 0.2) is 34.9 Å². The number of hydrogen-bond donors (Lipinski definition) is 0. The van der Waals surface area contributed by atoms with Gasteiger partial charge in [0.15, 0.2) is 0 Å². The van der Waals surface area contributed by atoms with Gasteiger partial charge in [-0.2, -0.15) is 0 Å². The van der Waals surface area contributed by atoms with Crippen molar-refractivity contribution in [1.82, 2.24) is 15.0 Å². The van der Waals surface area contributed by atoms with E-state index in [1.54, 1.807) is 0 Å². The Labute approximate surface area is 130 Å². The number of halogens is 1. The zero-order chi connectivity index (χ0) is 15.5. The molecule has 3 rings (SSSR count). The van der Waals surface area contributed by atoms with Crippen LogP contribution in [0.5, 0.6) is 0 Å². The van der Waals surface area contributed by atoms with Gasteiger partial charge in [0.05, 0.1) is 5.69 Å². The summed E-state index contributed by atoms with van der Waals surface area (Å²) in [6.07, 6.45) is 0. The topological polar surface area (TPSA) is 32.5 Å². The number of nitrogens with zero attached hydrogens (tertiary/aromatic N) is 3. The third-order valence-electron chi connectivity index (χ3n) is 4.37. The van der Waals surface area contributed by atoms with Crippen molar-refractivity contribution in [3.63, 3.8) is 0 Å². The van der Waals surface area contributed by atoms with E-state index in [2.05, 4.69) is 21.9 Å². The lowest BCUT2D eigenvalue weighted by atomic mass is 10.1. The lowest BCUT2D eigenvalue weighted by Gasteiger charge is -2.38. The molecule has 1 fully saturated rings. The highest BCUT2D eigenvalue weighted by molar-refractivity contribution is 5.19. The Hall–Kier alpha value is -1.72. The van der Waals surface area contributed by atoms with Crippen molar-refractivity contribution in [2.45, 2.75) is 26.4 Å². The van der Waals surface area contributed by atoms with Crippen LogP contribution >= 0.6 is 0 Å². The van der Waals surface area contributed by atoms with E-state index in [9.17, 15) is 4.39 Å². The van der Waals surface area contributed by atoms with Gasteiger partial charge in [-0.25, -0.2) is 4.39 Å². The monoisotopic (exact) mass is 303 g/mol. The lowest BCUT2D eigenvalue weighted by Crippen LogP contribution is -2.46. The van der Waals surface area contributed by atoms with Gasteiger partial charge in [-0.3, -0.25) is 9.80 Å². The molecule has 1 aliphatic rings. The smallest absolute Gasteiger partial charge is 0.133 e. The third-order valence-corrected chi connectivity index (χ3v) is 4.37. The molecule has 1 saturated heterocycles. The highest BCUT2D eigenvalue weighted by atomic mass is 19.1. The van der Waals surface area contributed by atoms with Crippen molar-refractivity contribution in [2.75, 3.05) is 26.2 Å². The summed E-state index contributed by atoms with van der Waals surface area (Å²) in [6, 6.07) is 9.14. The molecule has 1 aromatic heterocycles. The minimum Gasteiger partial charge on any atom is -0.361 e. The van der Waals surface area contributed by atoms with Crippen molar-refractivity contribution in [3.8, 4) is 0 Å². The molecule has 2 aromatic rings. The van der Waals surface area contributed by atoms with Crippen molar-refractivity contribution in [3.05, 3.63) is 53.2 Å². The van der Waals surface area contributed by atoms with Crippen LogP contribution in [0.1, 0.15) is 30.0 Å². The summed E-state index contributed by atoms with van der Waals surface area (Å²) >= 11 is 0. The molecule has 1 aliphatic heterocycles. The van der Waals surface area contributed by atoms with E-state index in [-0.39, 0.29) is 5.82 Å². The van der Waals surface area contributed by atoms with E-state index in [0.717, 1.165) is 44.2 Å². The molecule has 0 radical (unpaired) electrons. The molecule has 2 heterocycles. The van der Waals surface area contributed by atoms with Crippen LogP contribution < -0.4 is 0 Å². The summed E-state index contributed by atoms with van der Waals surface area (Å²) in [7, 11) is 0. The van der Waals surface area contributed by atoms with E-state index in [0.29, 0.717) is 6.04 Å². The Bertz CT molecular complexity index is 603. The van der Waals surface area contributed by atoms with Gasteiger partial charge in [0.25, 0.3) is 0 Å². The molecule has 4 nitrogen and oxygen atoms in total. The van der Waals surface area contributed by atoms with Gasteiger partial charge in [0.1, 0.15) is 11.6 Å². The molecule has 1 aromatic carbocycles. The quantitative estimate of drug-likeness (QED) is 0.869. The largest absolute Gasteiger partial charge is 0.361 e. The summed E-state index contributed by atoms with van der Waals surface area (Å²) in [5, 5.41) is 4.05. The molecule has 0 unspecified atom stereocenters. The van der Waals surface area contributed by atoms with E-state index < -0.39 is 0 Å². The number of benzene rings is 1. The van der Waals surface area contributed by atoms with Crippen molar-refractivity contribution in [1.29, 1.82) is 0 Å². The minimum atomic E-state index is -0.177. The average Bonchev–Trinajstić information content (AvgIpc) is 2.93. The van der Waals surface area contributed by atoms with Crippen LogP contribution in [-0.2, 0) is 6.54 Å². The molecule has 1 atom stereocenters. The average molecular weight is 303 g/mol. The zero-order valence-electron chi connectivity index (χ0n) is 13.1. The Morgan fingerprint density at radius 2 is 1.86 bits per heavy atom. The first-order chi connectivity index (χ1) is 10.6. The van der Waals surface area contributed by atoms with Crippen molar-refractivity contribution in [2.24, 2.45) is 0 Å². The molecular formula is C17H22FN3O. The summed E-state index contributed by atoms with van der Waals surface area (Å²) < 4.78 is 18.1. The molecular weight excluding hydrogens is 281 g/mol. The predicted octanol–water partition coefficient (Wildman–Crippen LogP) is 3.00. The normalized spacial score (nSPS) is 18.5. The maximum absolute atomic E-state index is 13.0. The lowest BCUT2D eigenvalue weighted by molar-refractivity contribution is 0.0963. The van der Waals surface area contributed by atoms with Gasteiger partial charge in [0.2, 0.25) is 0 Å². The van der Waals surface area contributed by atoms with E-state index in [4.69, 9.17) is 4.52 Å². The number of hydrogen-bond acceptors (Lipinski definition) is 4. The van der Waals surface area contributed by atoms with Crippen molar-refractivity contribution >= 4 is 0 Å². The molecule has 0 saturated carbocycles. The first-order valence-corrected chi connectivity index (χ1v) is 7.76. The van der Waals surface area contributed by atoms with E-state index in [1.165, 1.54) is 17.7 Å². The standard InChI is InChI=1S/C17H22FN3O/c1-13-11-17(19-22-13)12-20-7-9-21(10-8-20)14(2)15-3-5-16(18)6-4-15/h3-6,11,14H,7-10,12H2,1-2H3/t14-/m1/s1. The first kappa shape index (κ1) is 15.2. The second-order valence-electron chi connectivity index (χ2n) is 5.97. The van der Waals surface area contributed by atoms with Crippen LogP contribution in [0, 0.1) is 12.7 Å². The minimum absolute atomic E-state index is 0.177. The van der Waals surface area contributed by atoms with Crippen LogP contribution in [0.3, 0.4) is 0 Å². The maximum atomic E-state index is 13.0. The number of piperazine rings is 1. The summed E-state index contributed by atoms with van der Waals surface area (Å²) in [4.78, 5) is 4.84. The Morgan fingerprint density at radius 3 is 2.45 bits per heavy atom. The Balaban J connectivity index is 1.53. The van der Waals surface area contributed by atoms with Gasteiger partial charge in [-0.1, -0.05) is 17.3 Å². The Morgan fingerprint density at radius 1 is 1.18 bits per heavy atom. The highest BCUT2D eigenvalue weighted by Gasteiger charge is 2.22. The van der Waals surface area contributed by atoms with Gasteiger partial charge in [0, 0.05) is 44.8 Å². The van der Waals surface area contributed by atoms with Gasteiger partial charge < -0.3 is 4.52 Å². The van der Waals surface area contributed by atoms with Gasteiger partial charge in [-0.05, 0) is 31.5 Å². The second-order valence-corrected chi connectivity index (χ2v) is 5.97. The second kappa shape index (κ2) is 6.58. The first-order valence-electron chi connectivity index (χ1n) is 7.76. The molecule has 0 spiro atoms. The van der Waals surface area contributed by atoms with Crippen LogP contribution in [0.25, 0.3) is 0 Å². The molecule has 118 valence electrons. The molecule has 0 N–H and O–H groups in total. The number of rotatable bonds is 4.